The number of imide groups is 1. The average molecular weight is 358 g/mol. The number of piperazine rings is 1. The maximum atomic E-state index is 12.3. The first-order valence-electron chi connectivity index (χ1n) is 9.60. The van der Waals surface area contributed by atoms with Crippen LogP contribution >= 0.6 is 0 Å². The Kier molecular flexibility index (Phi) is 5.01. The number of amides is 3. The number of urea groups is 1. The zero-order valence-corrected chi connectivity index (χ0v) is 15.1. The fourth-order valence-corrected chi connectivity index (χ4v) is 4.12. The molecule has 1 atom stereocenters. The SMILES string of the molecule is O=C1C2CCCN2C(=O)N1CCCCN1CCN(c2ncccn2)CC1. The van der Waals surface area contributed by atoms with Crippen LogP contribution in [0.4, 0.5) is 10.7 Å². The van der Waals surface area contributed by atoms with Crippen LogP contribution in [0.3, 0.4) is 0 Å². The van der Waals surface area contributed by atoms with Gasteiger partial charge in [-0.3, -0.25) is 14.6 Å². The standard InChI is InChI=1S/C18H26N6O2/c25-16-15-5-3-10-23(15)18(26)24(16)9-2-1-8-21-11-13-22(14-12-21)17-19-6-4-7-20-17/h4,6-7,15H,1-3,5,8-14H2. The van der Waals surface area contributed by atoms with Crippen LogP contribution in [0.1, 0.15) is 25.7 Å². The van der Waals surface area contributed by atoms with E-state index in [9.17, 15) is 9.59 Å². The van der Waals surface area contributed by atoms with Crippen molar-refractivity contribution in [3.05, 3.63) is 18.5 Å². The van der Waals surface area contributed by atoms with E-state index < -0.39 is 0 Å². The second-order valence-corrected chi connectivity index (χ2v) is 7.21. The lowest BCUT2D eigenvalue weighted by Crippen LogP contribution is -2.47. The van der Waals surface area contributed by atoms with Crippen LogP contribution in [0.15, 0.2) is 18.5 Å². The van der Waals surface area contributed by atoms with Crippen molar-refractivity contribution >= 4 is 17.9 Å². The van der Waals surface area contributed by atoms with Gasteiger partial charge in [0.05, 0.1) is 0 Å². The molecule has 1 unspecified atom stereocenters. The number of aromatic nitrogens is 2. The van der Waals surface area contributed by atoms with Gasteiger partial charge in [-0.25, -0.2) is 14.8 Å². The highest BCUT2D eigenvalue weighted by Crippen LogP contribution is 2.27. The summed E-state index contributed by atoms with van der Waals surface area (Å²) in [6.45, 7) is 6.16. The van der Waals surface area contributed by atoms with Crippen LogP contribution in [0.25, 0.3) is 0 Å². The second kappa shape index (κ2) is 7.57. The molecule has 0 radical (unpaired) electrons. The number of carbonyl (C=O) groups is 2. The molecule has 3 amide bonds. The lowest BCUT2D eigenvalue weighted by Gasteiger charge is -2.34. The lowest BCUT2D eigenvalue weighted by molar-refractivity contribution is -0.128. The molecule has 3 aliphatic heterocycles. The number of nitrogens with zero attached hydrogens (tertiary/aromatic N) is 6. The molecule has 4 heterocycles. The number of carbonyl (C=O) groups excluding carboxylic acids is 2. The van der Waals surface area contributed by atoms with Crippen LogP contribution in [0.5, 0.6) is 0 Å². The number of unbranched alkanes of at least 4 members (excludes halogenated alkanes) is 1. The molecule has 8 heteroatoms. The Labute approximate surface area is 153 Å². The predicted octanol–water partition coefficient (Wildman–Crippen LogP) is 0.805. The van der Waals surface area contributed by atoms with Gasteiger partial charge in [-0.15, -0.1) is 0 Å². The highest BCUT2D eigenvalue weighted by atomic mass is 16.2. The number of rotatable bonds is 6. The Morgan fingerprint density at radius 1 is 0.962 bits per heavy atom. The van der Waals surface area contributed by atoms with E-state index in [1.807, 2.05) is 6.07 Å². The van der Waals surface area contributed by atoms with E-state index in [-0.39, 0.29) is 18.0 Å². The summed E-state index contributed by atoms with van der Waals surface area (Å²) in [5, 5.41) is 0. The maximum absolute atomic E-state index is 12.3. The minimum atomic E-state index is -0.171. The number of anilines is 1. The molecular formula is C18H26N6O2. The summed E-state index contributed by atoms with van der Waals surface area (Å²) in [7, 11) is 0. The lowest BCUT2D eigenvalue weighted by atomic mass is 10.2. The van der Waals surface area contributed by atoms with E-state index in [4.69, 9.17) is 0 Å². The monoisotopic (exact) mass is 358 g/mol. The van der Waals surface area contributed by atoms with Crippen molar-refractivity contribution in [1.29, 1.82) is 0 Å². The third-order valence-corrected chi connectivity index (χ3v) is 5.59. The first kappa shape index (κ1) is 17.2. The predicted molar refractivity (Wildman–Crippen MR) is 96.8 cm³/mol. The summed E-state index contributed by atoms with van der Waals surface area (Å²) in [5.74, 6) is 0.822. The van der Waals surface area contributed by atoms with Crippen molar-refractivity contribution in [2.24, 2.45) is 0 Å². The van der Waals surface area contributed by atoms with Gasteiger partial charge in [-0.2, -0.15) is 0 Å². The van der Waals surface area contributed by atoms with E-state index in [0.717, 1.165) is 70.9 Å². The molecule has 8 nitrogen and oxygen atoms in total. The van der Waals surface area contributed by atoms with E-state index in [2.05, 4.69) is 19.8 Å². The van der Waals surface area contributed by atoms with Gasteiger partial charge in [0, 0.05) is 51.7 Å². The molecule has 4 rings (SSSR count). The van der Waals surface area contributed by atoms with Gasteiger partial charge in [0.2, 0.25) is 5.95 Å². The van der Waals surface area contributed by atoms with Crippen molar-refractivity contribution in [3.8, 4) is 0 Å². The highest BCUT2D eigenvalue weighted by molar-refractivity contribution is 6.04. The first-order valence-corrected chi connectivity index (χ1v) is 9.60. The Morgan fingerprint density at radius 3 is 2.42 bits per heavy atom. The van der Waals surface area contributed by atoms with Gasteiger partial charge < -0.3 is 9.80 Å². The summed E-state index contributed by atoms with van der Waals surface area (Å²) in [6, 6.07) is 1.59. The molecule has 0 N–H and O–H groups in total. The van der Waals surface area contributed by atoms with Crippen molar-refractivity contribution in [2.75, 3.05) is 50.7 Å². The summed E-state index contributed by atoms with van der Waals surface area (Å²) >= 11 is 0. The van der Waals surface area contributed by atoms with Gasteiger partial charge in [-0.05, 0) is 38.3 Å². The molecule has 0 bridgehead atoms. The molecule has 140 valence electrons. The number of fused-ring (bicyclic) bond motifs is 1. The molecule has 3 fully saturated rings. The first-order chi connectivity index (χ1) is 12.7. The Balaban J connectivity index is 1.16. The summed E-state index contributed by atoms with van der Waals surface area (Å²) < 4.78 is 0. The normalized spacial score (nSPS) is 23.8. The molecule has 3 aliphatic rings. The zero-order chi connectivity index (χ0) is 17.9. The van der Waals surface area contributed by atoms with Crippen LogP contribution in [0.2, 0.25) is 0 Å². The van der Waals surface area contributed by atoms with Gasteiger partial charge in [0.1, 0.15) is 6.04 Å². The molecule has 3 saturated heterocycles. The molecule has 0 saturated carbocycles. The zero-order valence-electron chi connectivity index (χ0n) is 15.1. The van der Waals surface area contributed by atoms with Crippen LogP contribution in [-0.4, -0.2) is 88.5 Å². The number of hydrogen-bond acceptors (Lipinski definition) is 6. The molecular weight excluding hydrogens is 332 g/mol. The molecule has 0 aliphatic carbocycles. The molecule has 0 aromatic carbocycles. The molecule has 0 spiro atoms. The van der Waals surface area contributed by atoms with Crippen LogP contribution in [-0.2, 0) is 4.79 Å². The van der Waals surface area contributed by atoms with E-state index in [1.165, 1.54) is 4.90 Å². The smallest absolute Gasteiger partial charge is 0.327 e. The second-order valence-electron chi connectivity index (χ2n) is 7.21. The van der Waals surface area contributed by atoms with Gasteiger partial charge >= 0.3 is 6.03 Å². The van der Waals surface area contributed by atoms with Crippen molar-refractivity contribution in [1.82, 2.24) is 24.7 Å². The highest BCUT2D eigenvalue weighted by Gasteiger charge is 2.46. The van der Waals surface area contributed by atoms with Crippen LogP contribution in [0, 0.1) is 0 Å². The van der Waals surface area contributed by atoms with Gasteiger partial charge in [-0.1, -0.05) is 0 Å². The largest absolute Gasteiger partial charge is 0.338 e. The van der Waals surface area contributed by atoms with Crippen molar-refractivity contribution < 1.29 is 9.59 Å². The van der Waals surface area contributed by atoms with Crippen molar-refractivity contribution in [2.45, 2.75) is 31.7 Å². The minimum Gasteiger partial charge on any atom is -0.338 e. The molecule has 1 aromatic rings. The van der Waals surface area contributed by atoms with E-state index in [1.54, 1.807) is 17.3 Å². The quantitative estimate of drug-likeness (QED) is 0.553. The van der Waals surface area contributed by atoms with Gasteiger partial charge in [0.15, 0.2) is 0 Å². The maximum Gasteiger partial charge on any atom is 0.327 e. The minimum absolute atomic E-state index is 0.0176. The summed E-state index contributed by atoms with van der Waals surface area (Å²) in [5.41, 5.74) is 0. The summed E-state index contributed by atoms with van der Waals surface area (Å²) in [4.78, 5) is 41.0. The van der Waals surface area contributed by atoms with E-state index in [0.29, 0.717) is 6.54 Å². The van der Waals surface area contributed by atoms with Crippen LogP contribution < -0.4 is 4.90 Å². The Hall–Kier alpha value is -2.22. The molecule has 26 heavy (non-hydrogen) atoms. The topological polar surface area (TPSA) is 72.9 Å². The third-order valence-electron chi connectivity index (χ3n) is 5.59. The van der Waals surface area contributed by atoms with Crippen molar-refractivity contribution in [3.63, 3.8) is 0 Å². The molecule has 1 aromatic heterocycles. The Morgan fingerprint density at radius 2 is 1.69 bits per heavy atom. The summed E-state index contributed by atoms with van der Waals surface area (Å²) in [6.07, 6.45) is 7.22. The average Bonchev–Trinajstić information content (AvgIpc) is 3.25. The third kappa shape index (κ3) is 3.38. The Bertz CT molecular complexity index is 624. The van der Waals surface area contributed by atoms with Gasteiger partial charge in [0.25, 0.3) is 5.91 Å². The number of hydrogen-bond donors (Lipinski definition) is 0. The fourth-order valence-electron chi connectivity index (χ4n) is 4.12. The fraction of sp³-hybridized carbons (Fsp3) is 0.667. The van der Waals surface area contributed by atoms with E-state index >= 15 is 0 Å².